The van der Waals surface area contributed by atoms with Crippen LogP contribution in [0.3, 0.4) is 0 Å². The summed E-state index contributed by atoms with van der Waals surface area (Å²) in [6.07, 6.45) is 3.25. The molecule has 2 heterocycles. The minimum Gasteiger partial charge on any atom is -0.337 e. The molecule has 0 aliphatic carbocycles. The summed E-state index contributed by atoms with van der Waals surface area (Å²) in [7, 11) is 0. The van der Waals surface area contributed by atoms with Crippen molar-refractivity contribution in [1.29, 1.82) is 5.26 Å². The van der Waals surface area contributed by atoms with Crippen LogP contribution in [0.5, 0.6) is 0 Å². The number of carbonyl (C=O) groups excluding carboxylic acids is 2. The second kappa shape index (κ2) is 8.78. The van der Waals surface area contributed by atoms with Crippen molar-refractivity contribution >= 4 is 23.6 Å². The molecule has 1 saturated heterocycles. The second-order valence-corrected chi connectivity index (χ2v) is 8.42. The monoisotopic (exact) mass is 401 g/mol. The fraction of sp³-hybridized carbons (Fsp3) is 0.476. The molecule has 148 valence electrons. The highest BCUT2D eigenvalue weighted by atomic mass is 32.2. The van der Waals surface area contributed by atoms with E-state index in [2.05, 4.69) is 25.2 Å². The van der Waals surface area contributed by atoms with Crippen molar-refractivity contribution in [2.24, 2.45) is 0 Å². The largest absolute Gasteiger partial charge is 0.337 e. The third-order valence-electron chi connectivity index (χ3n) is 5.45. The first kappa shape index (κ1) is 20.4. The van der Waals surface area contributed by atoms with Crippen molar-refractivity contribution < 1.29 is 14.0 Å². The van der Waals surface area contributed by atoms with Crippen LogP contribution in [0, 0.1) is 17.1 Å². The van der Waals surface area contributed by atoms with Crippen LogP contribution >= 0.6 is 11.8 Å². The van der Waals surface area contributed by atoms with Gasteiger partial charge in [0.05, 0.1) is 22.4 Å². The van der Waals surface area contributed by atoms with Crippen molar-refractivity contribution in [1.82, 2.24) is 10.2 Å². The number of hydrogen-bond acceptors (Lipinski definition) is 4. The first-order chi connectivity index (χ1) is 13.4. The van der Waals surface area contributed by atoms with E-state index in [9.17, 15) is 19.2 Å². The van der Waals surface area contributed by atoms with Crippen LogP contribution in [0.2, 0.25) is 0 Å². The van der Waals surface area contributed by atoms with Gasteiger partial charge in [-0.05, 0) is 50.8 Å². The Kier molecular flexibility index (Phi) is 6.40. The van der Waals surface area contributed by atoms with Gasteiger partial charge in [0.15, 0.2) is 0 Å². The minimum atomic E-state index is -0.426. The fourth-order valence-corrected chi connectivity index (χ4v) is 4.98. The Hall–Kier alpha value is -2.33. The molecule has 0 radical (unpaired) electrons. The van der Waals surface area contributed by atoms with Crippen molar-refractivity contribution in [3.8, 4) is 6.07 Å². The lowest BCUT2D eigenvalue weighted by atomic mass is 9.87. The highest BCUT2D eigenvalue weighted by Gasteiger charge is 2.32. The maximum absolute atomic E-state index is 13.2. The van der Waals surface area contributed by atoms with E-state index in [1.807, 2.05) is 4.90 Å². The molecule has 0 bridgehead atoms. The van der Waals surface area contributed by atoms with Crippen LogP contribution in [-0.2, 0) is 9.59 Å². The normalized spacial score (nSPS) is 25.3. The predicted octanol–water partition coefficient (Wildman–Crippen LogP) is 3.69. The molecule has 5 nitrogen and oxygen atoms in total. The number of hydrogen-bond donors (Lipinski definition) is 1. The number of halogens is 1. The van der Waals surface area contributed by atoms with E-state index in [-0.39, 0.29) is 41.9 Å². The molecule has 7 heteroatoms. The summed E-state index contributed by atoms with van der Waals surface area (Å²) in [5, 5.41) is 12.9. The van der Waals surface area contributed by atoms with Gasteiger partial charge in [0.2, 0.25) is 11.8 Å². The van der Waals surface area contributed by atoms with Gasteiger partial charge in [-0.15, -0.1) is 0 Å². The summed E-state index contributed by atoms with van der Waals surface area (Å²) in [6.45, 7) is 4.12. The Balaban J connectivity index is 1.78. The number of nitrogens with zero attached hydrogens (tertiary/aromatic N) is 2. The van der Waals surface area contributed by atoms with Crippen molar-refractivity contribution in [2.75, 3.05) is 5.75 Å². The third kappa shape index (κ3) is 4.39. The lowest BCUT2D eigenvalue weighted by Crippen LogP contribution is -2.48. The number of thioether (sulfide) groups is 1. The summed E-state index contributed by atoms with van der Waals surface area (Å²) >= 11 is 1.20. The number of allylic oxidation sites excluding steroid dienone is 1. The highest BCUT2D eigenvalue weighted by molar-refractivity contribution is 8.03. The van der Waals surface area contributed by atoms with Gasteiger partial charge in [-0.3, -0.25) is 9.59 Å². The van der Waals surface area contributed by atoms with Crippen LogP contribution in [0.1, 0.15) is 51.0 Å². The minimum absolute atomic E-state index is 0.0210. The summed E-state index contributed by atoms with van der Waals surface area (Å²) in [4.78, 5) is 26.9. The predicted molar refractivity (Wildman–Crippen MR) is 107 cm³/mol. The average Bonchev–Trinajstić information content (AvgIpc) is 2.66. The van der Waals surface area contributed by atoms with Crippen LogP contribution in [0.4, 0.5) is 4.39 Å². The Bertz CT molecular complexity index is 821. The SMILES string of the molecule is C[C@@H]1CCC[C@H](C)N1C(=O)CSC1=C(C#N)[C@H](c2ccc(F)cc2)CC(=O)N1. The highest BCUT2D eigenvalue weighted by Crippen LogP contribution is 2.36. The molecule has 1 fully saturated rings. The summed E-state index contributed by atoms with van der Waals surface area (Å²) < 4.78 is 13.2. The maximum Gasteiger partial charge on any atom is 0.233 e. The van der Waals surface area contributed by atoms with Gasteiger partial charge in [0.1, 0.15) is 5.82 Å². The molecule has 2 aliphatic rings. The van der Waals surface area contributed by atoms with Gasteiger partial charge < -0.3 is 10.2 Å². The standard InChI is InChI=1S/C21H24FN3O2S/c1-13-4-3-5-14(2)25(13)20(27)12-28-21-18(11-23)17(10-19(26)24-21)15-6-8-16(22)9-7-15/h6-9,13-14,17H,3-5,10,12H2,1-2H3,(H,24,26)/t13-,14+,17-/m0/s1. The van der Waals surface area contributed by atoms with Crippen molar-refractivity contribution in [3.05, 3.63) is 46.2 Å². The second-order valence-electron chi connectivity index (χ2n) is 7.43. The number of rotatable bonds is 4. The fourth-order valence-electron chi connectivity index (χ4n) is 4.03. The third-order valence-corrected chi connectivity index (χ3v) is 6.45. The van der Waals surface area contributed by atoms with Gasteiger partial charge >= 0.3 is 0 Å². The van der Waals surface area contributed by atoms with Crippen molar-refractivity contribution in [3.63, 3.8) is 0 Å². The molecule has 1 N–H and O–H groups in total. The van der Waals surface area contributed by atoms with E-state index >= 15 is 0 Å². The zero-order valence-corrected chi connectivity index (χ0v) is 16.9. The molecule has 2 aliphatic heterocycles. The molecule has 1 aromatic carbocycles. The van der Waals surface area contributed by atoms with Crippen LogP contribution in [0.15, 0.2) is 34.9 Å². The maximum atomic E-state index is 13.2. The van der Waals surface area contributed by atoms with E-state index in [1.165, 1.54) is 23.9 Å². The summed E-state index contributed by atoms with van der Waals surface area (Å²) in [6, 6.07) is 8.44. The number of nitrogens with one attached hydrogen (secondary N) is 1. The number of piperidine rings is 1. The molecule has 28 heavy (non-hydrogen) atoms. The Morgan fingerprint density at radius 3 is 2.54 bits per heavy atom. The number of amides is 2. The molecule has 0 saturated carbocycles. The Morgan fingerprint density at radius 2 is 1.93 bits per heavy atom. The lowest BCUT2D eigenvalue weighted by molar-refractivity contribution is -0.134. The molecule has 1 aromatic rings. The molecule has 0 aromatic heterocycles. The number of carbonyl (C=O) groups is 2. The smallest absolute Gasteiger partial charge is 0.233 e. The van der Waals surface area contributed by atoms with E-state index in [1.54, 1.807) is 12.1 Å². The van der Waals surface area contributed by atoms with Gasteiger partial charge in [0, 0.05) is 24.4 Å². The molecule has 2 amide bonds. The number of likely N-dealkylation sites (tertiary alicyclic amines) is 1. The Labute approximate surface area is 169 Å². The van der Waals surface area contributed by atoms with Gasteiger partial charge in [-0.25, -0.2) is 4.39 Å². The molecule has 0 spiro atoms. The van der Waals surface area contributed by atoms with Gasteiger partial charge in [-0.2, -0.15) is 5.26 Å². The van der Waals surface area contributed by atoms with Gasteiger partial charge in [-0.1, -0.05) is 23.9 Å². The number of benzene rings is 1. The van der Waals surface area contributed by atoms with Crippen LogP contribution in [-0.4, -0.2) is 34.6 Å². The summed E-state index contributed by atoms with van der Waals surface area (Å²) in [5.74, 6) is -0.803. The van der Waals surface area contributed by atoms with E-state index in [4.69, 9.17) is 0 Å². The lowest BCUT2D eigenvalue weighted by Gasteiger charge is -2.39. The molecular weight excluding hydrogens is 377 g/mol. The Morgan fingerprint density at radius 1 is 1.29 bits per heavy atom. The molecule has 3 rings (SSSR count). The summed E-state index contributed by atoms with van der Waals surface area (Å²) in [5.41, 5.74) is 1.14. The van der Waals surface area contributed by atoms with Crippen LogP contribution < -0.4 is 5.32 Å². The van der Waals surface area contributed by atoms with E-state index in [0.717, 1.165) is 24.8 Å². The zero-order chi connectivity index (χ0) is 20.3. The number of nitriles is 1. The molecule has 0 unspecified atom stereocenters. The van der Waals surface area contributed by atoms with Crippen LogP contribution in [0.25, 0.3) is 0 Å². The molecular formula is C21H24FN3O2S. The molecule has 3 atom stereocenters. The quantitative estimate of drug-likeness (QED) is 0.835. The first-order valence-electron chi connectivity index (χ1n) is 9.54. The van der Waals surface area contributed by atoms with E-state index < -0.39 is 5.92 Å². The van der Waals surface area contributed by atoms with Crippen molar-refractivity contribution in [2.45, 2.75) is 57.5 Å². The zero-order valence-electron chi connectivity index (χ0n) is 16.1. The average molecular weight is 402 g/mol. The topological polar surface area (TPSA) is 73.2 Å². The van der Waals surface area contributed by atoms with Gasteiger partial charge in [0.25, 0.3) is 0 Å². The first-order valence-corrected chi connectivity index (χ1v) is 10.5. The van der Waals surface area contributed by atoms with E-state index in [0.29, 0.717) is 10.6 Å².